The van der Waals surface area contributed by atoms with E-state index in [9.17, 15) is 9.59 Å². The van der Waals surface area contributed by atoms with Gasteiger partial charge in [0, 0.05) is 18.9 Å². The van der Waals surface area contributed by atoms with Crippen molar-refractivity contribution >= 4 is 16.6 Å². The van der Waals surface area contributed by atoms with Gasteiger partial charge in [0.15, 0.2) is 0 Å². The van der Waals surface area contributed by atoms with Crippen LogP contribution in [0.1, 0.15) is 22.4 Å². The van der Waals surface area contributed by atoms with Gasteiger partial charge in [-0.15, -0.1) is 0 Å². The van der Waals surface area contributed by atoms with Crippen molar-refractivity contribution < 1.29 is 4.79 Å². The Morgan fingerprint density at radius 1 is 1.04 bits per heavy atom. The fourth-order valence-electron chi connectivity index (χ4n) is 2.96. The second kappa shape index (κ2) is 6.40. The average Bonchev–Trinajstić information content (AvgIpc) is 2.56. The molecule has 0 radical (unpaired) electrons. The topological polar surface area (TPSA) is 52.0 Å². The highest BCUT2D eigenvalue weighted by Gasteiger charge is 2.13. The molecule has 3 aromatic rings. The number of aryl methyl sites for hydroxylation is 3. The number of carbonyl (C=O) groups excluding carboxylic acids is 1. The number of carbonyl (C=O) groups is 1. The number of benzene rings is 2. The van der Waals surface area contributed by atoms with Gasteiger partial charge in [-0.3, -0.25) is 9.59 Å². The molecule has 0 N–H and O–H groups in total. The van der Waals surface area contributed by atoms with E-state index in [2.05, 4.69) is 11.2 Å². The quantitative estimate of drug-likeness (QED) is 0.743. The Labute approximate surface area is 140 Å². The Kier molecular flexibility index (Phi) is 4.30. The van der Waals surface area contributed by atoms with E-state index < -0.39 is 0 Å². The molecule has 0 saturated heterocycles. The molecule has 4 nitrogen and oxygen atoms in total. The molecule has 0 amide bonds. The summed E-state index contributed by atoms with van der Waals surface area (Å²) >= 11 is 0. The molecule has 0 aliphatic heterocycles. The highest BCUT2D eigenvalue weighted by atomic mass is 16.1. The minimum atomic E-state index is -0.142. The van der Waals surface area contributed by atoms with Crippen LogP contribution in [0.15, 0.2) is 47.3 Å². The molecule has 0 aliphatic carbocycles. The van der Waals surface area contributed by atoms with Gasteiger partial charge in [-0.1, -0.05) is 42.0 Å². The van der Waals surface area contributed by atoms with Crippen molar-refractivity contribution in [2.24, 2.45) is 7.05 Å². The molecule has 0 atom stereocenters. The lowest BCUT2D eigenvalue weighted by atomic mass is 9.98. The maximum absolute atomic E-state index is 12.6. The summed E-state index contributed by atoms with van der Waals surface area (Å²) in [6.45, 7) is 4.04. The van der Waals surface area contributed by atoms with Crippen molar-refractivity contribution in [3.8, 4) is 0 Å². The predicted molar refractivity (Wildman–Crippen MR) is 95.3 cm³/mol. The van der Waals surface area contributed by atoms with Crippen LogP contribution in [0, 0.1) is 13.8 Å². The highest BCUT2D eigenvalue weighted by molar-refractivity contribution is 5.90. The Bertz CT molecular complexity index is 987. The van der Waals surface area contributed by atoms with E-state index in [4.69, 9.17) is 0 Å². The molecule has 0 fully saturated rings. The monoisotopic (exact) mass is 320 g/mol. The number of aromatic nitrogens is 2. The van der Waals surface area contributed by atoms with Gasteiger partial charge in [-0.25, -0.2) is 4.68 Å². The number of Topliss-reactive ketones (excluding diaryl/α,β-unsaturated/α-hetero) is 1. The van der Waals surface area contributed by atoms with Gasteiger partial charge < -0.3 is 0 Å². The molecule has 0 unspecified atom stereocenters. The SMILES string of the molecule is Cc1ccc(C)c(CC(=O)Cc2nn(C)c(=O)c3ccccc23)c1. The van der Waals surface area contributed by atoms with Crippen LogP contribution in [0.25, 0.3) is 10.8 Å². The molecule has 0 aliphatic rings. The third-order valence-corrected chi connectivity index (χ3v) is 4.29. The number of nitrogens with zero attached hydrogens (tertiary/aromatic N) is 2. The highest BCUT2D eigenvalue weighted by Crippen LogP contribution is 2.16. The molecular weight excluding hydrogens is 300 g/mol. The molecule has 0 spiro atoms. The van der Waals surface area contributed by atoms with Crippen molar-refractivity contribution in [2.45, 2.75) is 26.7 Å². The first-order valence-electron chi connectivity index (χ1n) is 7.98. The van der Waals surface area contributed by atoms with Crippen LogP contribution < -0.4 is 5.56 Å². The van der Waals surface area contributed by atoms with E-state index in [1.54, 1.807) is 13.1 Å². The van der Waals surface area contributed by atoms with Gasteiger partial charge in [-0.2, -0.15) is 5.10 Å². The van der Waals surface area contributed by atoms with E-state index in [0.717, 1.165) is 22.1 Å². The minimum Gasteiger partial charge on any atom is -0.299 e. The second-order valence-corrected chi connectivity index (χ2v) is 6.24. The molecule has 0 saturated carbocycles. The fourth-order valence-corrected chi connectivity index (χ4v) is 2.96. The lowest BCUT2D eigenvalue weighted by Gasteiger charge is -2.09. The Morgan fingerprint density at radius 2 is 1.75 bits per heavy atom. The van der Waals surface area contributed by atoms with Gasteiger partial charge >= 0.3 is 0 Å². The van der Waals surface area contributed by atoms with E-state index in [-0.39, 0.29) is 17.8 Å². The van der Waals surface area contributed by atoms with Gasteiger partial charge in [0.1, 0.15) is 5.78 Å². The molecule has 3 rings (SSSR count). The first kappa shape index (κ1) is 16.1. The summed E-state index contributed by atoms with van der Waals surface area (Å²) in [6.07, 6.45) is 0.606. The van der Waals surface area contributed by atoms with Crippen molar-refractivity contribution in [3.63, 3.8) is 0 Å². The first-order chi connectivity index (χ1) is 11.5. The molecule has 2 aromatic carbocycles. The van der Waals surface area contributed by atoms with E-state index in [0.29, 0.717) is 17.5 Å². The summed E-state index contributed by atoms with van der Waals surface area (Å²) in [4.78, 5) is 24.7. The normalized spacial score (nSPS) is 11.0. The smallest absolute Gasteiger partial charge is 0.274 e. The Hall–Kier alpha value is -2.75. The van der Waals surface area contributed by atoms with Gasteiger partial charge in [0.25, 0.3) is 5.56 Å². The third kappa shape index (κ3) is 3.13. The number of rotatable bonds is 4. The molecule has 24 heavy (non-hydrogen) atoms. The maximum Gasteiger partial charge on any atom is 0.274 e. The first-order valence-corrected chi connectivity index (χ1v) is 7.98. The van der Waals surface area contributed by atoms with Crippen molar-refractivity contribution in [1.82, 2.24) is 9.78 Å². The zero-order chi connectivity index (χ0) is 17.3. The van der Waals surface area contributed by atoms with Crippen LogP contribution in [0.5, 0.6) is 0 Å². The maximum atomic E-state index is 12.6. The predicted octanol–water partition coefficient (Wildman–Crippen LogP) is 2.90. The van der Waals surface area contributed by atoms with Crippen molar-refractivity contribution in [2.75, 3.05) is 0 Å². The zero-order valence-corrected chi connectivity index (χ0v) is 14.2. The standard InChI is InChI=1S/C20H20N2O2/c1-13-8-9-14(2)15(10-13)11-16(23)12-19-17-6-4-5-7-18(17)20(24)22(3)21-19/h4-10H,11-12H2,1-3H3. The van der Waals surface area contributed by atoms with E-state index in [1.807, 2.05) is 44.2 Å². The summed E-state index contributed by atoms with van der Waals surface area (Å²) in [5.41, 5.74) is 3.83. The van der Waals surface area contributed by atoms with Crippen LogP contribution in [-0.2, 0) is 24.7 Å². The largest absolute Gasteiger partial charge is 0.299 e. The molecule has 4 heteroatoms. The number of fused-ring (bicyclic) bond motifs is 1. The third-order valence-electron chi connectivity index (χ3n) is 4.29. The summed E-state index contributed by atoms with van der Waals surface area (Å²) in [7, 11) is 1.62. The zero-order valence-electron chi connectivity index (χ0n) is 14.2. The van der Waals surface area contributed by atoms with Gasteiger partial charge in [0.05, 0.1) is 17.5 Å². The summed E-state index contributed by atoms with van der Waals surface area (Å²) < 4.78 is 1.31. The van der Waals surface area contributed by atoms with Crippen molar-refractivity contribution in [3.05, 3.63) is 75.2 Å². The molecule has 0 bridgehead atoms. The van der Waals surface area contributed by atoms with Gasteiger partial charge in [0.2, 0.25) is 0 Å². The lowest BCUT2D eigenvalue weighted by Crippen LogP contribution is -2.22. The van der Waals surface area contributed by atoms with Crippen LogP contribution in [0.3, 0.4) is 0 Å². The molecular formula is C20H20N2O2. The Morgan fingerprint density at radius 3 is 2.50 bits per heavy atom. The molecule has 1 aromatic heterocycles. The lowest BCUT2D eigenvalue weighted by molar-refractivity contribution is -0.117. The second-order valence-electron chi connectivity index (χ2n) is 6.24. The van der Waals surface area contributed by atoms with Gasteiger partial charge in [-0.05, 0) is 31.0 Å². The number of hydrogen-bond acceptors (Lipinski definition) is 3. The minimum absolute atomic E-state index is 0.0972. The number of hydrogen-bond donors (Lipinski definition) is 0. The summed E-state index contributed by atoms with van der Waals surface area (Å²) in [5.74, 6) is 0.0972. The van der Waals surface area contributed by atoms with Crippen LogP contribution in [0.4, 0.5) is 0 Å². The van der Waals surface area contributed by atoms with E-state index in [1.165, 1.54) is 4.68 Å². The molecule has 1 heterocycles. The average molecular weight is 320 g/mol. The fraction of sp³-hybridized carbons (Fsp3) is 0.250. The summed E-state index contributed by atoms with van der Waals surface area (Å²) in [6, 6.07) is 13.5. The van der Waals surface area contributed by atoms with E-state index >= 15 is 0 Å². The van der Waals surface area contributed by atoms with Crippen LogP contribution in [-0.4, -0.2) is 15.6 Å². The summed E-state index contributed by atoms with van der Waals surface area (Å²) in [5, 5.41) is 5.67. The van der Waals surface area contributed by atoms with Crippen molar-refractivity contribution in [1.29, 1.82) is 0 Å². The number of ketones is 1. The van der Waals surface area contributed by atoms with Crippen LogP contribution in [0.2, 0.25) is 0 Å². The molecule has 122 valence electrons. The van der Waals surface area contributed by atoms with Crippen LogP contribution >= 0.6 is 0 Å². The Balaban J connectivity index is 1.92.